The summed E-state index contributed by atoms with van der Waals surface area (Å²) in [5.74, 6) is 0.295. The smallest absolute Gasteiger partial charge is 0.309 e. The predicted octanol–water partition coefficient (Wildman–Crippen LogP) is 2.70. The quantitative estimate of drug-likeness (QED) is 0.736. The maximum atomic E-state index is 12.0. The molecule has 1 aliphatic carbocycles. The molecule has 0 aromatic heterocycles. The van der Waals surface area contributed by atoms with Crippen molar-refractivity contribution >= 4 is 11.9 Å². The second-order valence-corrected chi connectivity index (χ2v) is 5.96. The van der Waals surface area contributed by atoms with Crippen LogP contribution in [0.15, 0.2) is 0 Å². The number of rotatable bonds is 4. The van der Waals surface area contributed by atoms with Crippen molar-refractivity contribution in [1.82, 2.24) is 0 Å². The first kappa shape index (κ1) is 14.4. The molecule has 5 unspecified atom stereocenters. The van der Waals surface area contributed by atoms with Gasteiger partial charge in [0.05, 0.1) is 5.92 Å². The van der Waals surface area contributed by atoms with Gasteiger partial charge in [0.15, 0.2) is 0 Å². The molecule has 3 fully saturated rings. The van der Waals surface area contributed by atoms with Crippen LogP contribution in [-0.4, -0.2) is 24.1 Å². The molecule has 4 heteroatoms. The normalized spacial score (nSPS) is 35.4. The molecule has 0 amide bonds. The maximum absolute atomic E-state index is 12.0. The van der Waals surface area contributed by atoms with Crippen molar-refractivity contribution in [2.45, 2.75) is 65.1 Å². The van der Waals surface area contributed by atoms with E-state index < -0.39 is 0 Å². The third kappa shape index (κ3) is 2.93. The molecule has 0 spiro atoms. The van der Waals surface area contributed by atoms with Gasteiger partial charge in [-0.2, -0.15) is 0 Å². The minimum absolute atomic E-state index is 0.0687. The largest absolute Gasteiger partial charge is 0.458 e. The number of ether oxygens (including phenoxy) is 2. The summed E-state index contributed by atoms with van der Waals surface area (Å²) in [6.07, 6.45) is 3.65. The molecule has 2 heterocycles. The van der Waals surface area contributed by atoms with E-state index in [-0.39, 0.29) is 30.1 Å². The first-order valence-corrected chi connectivity index (χ1v) is 7.44. The number of hydrogen-bond acceptors (Lipinski definition) is 4. The van der Waals surface area contributed by atoms with Gasteiger partial charge in [-0.05, 0) is 19.3 Å². The van der Waals surface area contributed by atoms with Crippen LogP contribution in [0.1, 0.15) is 52.9 Å². The Kier molecular flexibility index (Phi) is 4.48. The van der Waals surface area contributed by atoms with Crippen molar-refractivity contribution in [2.24, 2.45) is 17.8 Å². The molecule has 2 bridgehead atoms. The van der Waals surface area contributed by atoms with Crippen LogP contribution >= 0.6 is 0 Å². The van der Waals surface area contributed by atoms with Gasteiger partial charge in [0.2, 0.25) is 0 Å². The Morgan fingerprint density at radius 1 is 1.53 bits per heavy atom. The van der Waals surface area contributed by atoms with E-state index in [0.717, 1.165) is 25.7 Å². The molecule has 4 nitrogen and oxygen atoms in total. The number of hydrogen-bond donors (Lipinski definition) is 0. The van der Waals surface area contributed by atoms with Crippen molar-refractivity contribution in [1.29, 1.82) is 0 Å². The highest BCUT2D eigenvalue weighted by molar-refractivity contribution is 5.73. The second-order valence-electron chi connectivity index (χ2n) is 5.96. The Morgan fingerprint density at radius 2 is 2.26 bits per heavy atom. The summed E-state index contributed by atoms with van der Waals surface area (Å²) in [4.78, 5) is 23.5. The molecule has 0 aromatic carbocycles. The average molecular weight is 268 g/mol. The summed E-state index contributed by atoms with van der Waals surface area (Å²) < 4.78 is 11.0. The topological polar surface area (TPSA) is 52.6 Å². The molecule has 0 aromatic rings. The van der Waals surface area contributed by atoms with Crippen LogP contribution in [0.3, 0.4) is 0 Å². The van der Waals surface area contributed by atoms with Gasteiger partial charge in [0.1, 0.15) is 12.2 Å². The Balaban J connectivity index is 1.96. The van der Waals surface area contributed by atoms with Gasteiger partial charge < -0.3 is 9.47 Å². The van der Waals surface area contributed by atoms with E-state index in [1.165, 1.54) is 0 Å². The lowest BCUT2D eigenvalue weighted by atomic mass is 9.66. The summed E-state index contributed by atoms with van der Waals surface area (Å²) in [6, 6.07) is 0. The fourth-order valence-electron chi connectivity index (χ4n) is 3.19. The summed E-state index contributed by atoms with van der Waals surface area (Å²) >= 11 is 0. The molecular formula is C15H24O4. The third-order valence-electron chi connectivity index (χ3n) is 4.50. The number of esters is 2. The minimum atomic E-state index is -0.226. The monoisotopic (exact) mass is 268 g/mol. The van der Waals surface area contributed by atoms with Crippen LogP contribution in [0.25, 0.3) is 0 Å². The zero-order chi connectivity index (χ0) is 14.0. The van der Waals surface area contributed by atoms with Crippen LogP contribution in [0.2, 0.25) is 0 Å². The van der Waals surface area contributed by atoms with Crippen LogP contribution in [0.4, 0.5) is 0 Å². The van der Waals surface area contributed by atoms with Crippen molar-refractivity contribution in [2.75, 3.05) is 0 Å². The van der Waals surface area contributed by atoms with Gasteiger partial charge >= 0.3 is 11.9 Å². The lowest BCUT2D eigenvalue weighted by Gasteiger charge is -2.50. The summed E-state index contributed by atoms with van der Waals surface area (Å²) in [7, 11) is 0. The summed E-state index contributed by atoms with van der Waals surface area (Å²) in [6.45, 7) is 6.03. The Morgan fingerprint density at radius 3 is 2.95 bits per heavy atom. The van der Waals surface area contributed by atoms with E-state index in [4.69, 9.17) is 9.47 Å². The predicted molar refractivity (Wildman–Crippen MR) is 70.3 cm³/mol. The highest BCUT2D eigenvalue weighted by Crippen LogP contribution is 2.44. The highest BCUT2D eigenvalue weighted by atomic mass is 16.6. The van der Waals surface area contributed by atoms with Crippen molar-refractivity contribution in [3.05, 3.63) is 0 Å². The number of fused-ring (bicyclic) bond motifs is 4. The molecule has 5 atom stereocenters. The summed E-state index contributed by atoms with van der Waals surface area (Å²) in [5.41, 5.74) is 0. The van der Waals surface area contributed by atoms with E-state index in [1.54, 1.807) is 0 Å². The lowest BCUT2D eigenvalue weighted by molar-refractivity contribution is -0.217. The molecule has 2 saturated heterocycles. The number of carbonyl (C=O) groups is 2. The fraction of sp³-hybridized carbons (Fsp3) is 0.867. The molecule has 3 rings (SSSR count). The molecule has 108 valence electrons. The van der Waals surface area contributed by atoms with Gasteiger partial charge in [-0.15, -0.1) is 0 Å². The lowest BCUT2D eigenvalue weighted by Crippen LogP contribution is -2.59. The van der Waals surface area contributed by atoms with Crippen LogP contribution in [-0.2, 0) is 19.1 Å². The van der Waals surface area contributed by atoms with E-state index in [0.29, 0.717) is 18.3 Å². The molecule has 3 aliphatic rings. The molecule has 1 saturated carbocycles. The van der Waals surface area contributed by atoms with Gasteiger partial charge in [-0.1, -0.05) is 27.2 Å². The maximum Gasteiger partial charge on any atom is 0.309 e. The van der Waals surface area contributed by atoms with E-state index >= 15 is 0 Å². The van der Waals surface area contributed by atoms with Crippen molar-refractivity contribution in [3.8, 4) is 0 Å². The first-order chi connectivity index (χ1) is 9.04. The highest BCUT2D eigenvalue weighted by Gasteiger charge is 2.53. The first-order valence-electron chi connectivity index (χ1n) is 7.44. The third-order valence-corrected chi connectivity index (χ3v) is 4.50. The van der Waals surface area contributed by atoms with Crippen LogP contribution in [0, 0.1) is 17.8 Å². The van der Waals surface area contributed by atoms with Crippen molar-refractivity contribution in [3.63, 3.8) is 0 Å². The van der Waals surface area contributed by atoms with Crippen LogP contribution in [0.5, 0.6) is 0 Å². The van der Waals surface area contributed by atoms with E-state index in [1.807, 2.05) is 6.92 Å². The fourth-order valence-corrected chi connectivity index (χ4v) is 3.19. The number of carbonyl (C=O) groups excluding carboxylic acids is 2. The summed E-state index contributed by atoms with van der Waals surface area (Å²) in [5, 5.41) is 0. The Hall–Kier alpha value is -1.06. The second kappa shape index (κ2) is 5.93. The Labute approximate surface area is 114 Å². The molecule has 2 aliphatic heterocycles. The van der Waals surface area contributed by atoms with Gasteiger partial charge in [-0.25, -0.2) is 0 Å². The molecule has 19 heavy (non-hydrogen) atoms. The average Bonchev–Trinajstić information content (AvgIpc) is 2.36. The Bertz CT molecular complexity index is 352. The van der Waals surface area contributed by atoms with Crippen molar-refractivity contribution < 1.29 is 19.1 Å². The zero-order valence-electron chi connectivity index (χ0n) is 12.1. The van der Waals surface area contributed by atoms with Crippen LogP contribution < -0.4 is 0 Å². The SMILES string of the molecule is CCCC(C)C(=O)OC1C2CCCC(=O)OC1C2C. The zero-order valence-corrected chi connectivity index (χ0v) is 12.1. The van der Waals surface area contributed by atoms with E-state index in [9.17, 15) is 9.59 Å². The molecular weight excluding hydrogens is 244 g/mol. The molecule has 0 radical (unpaired) electrons. The minimum Gasteiger partial charge on any atom is -0.458 e. The van der Waals surface area contributed by atoms with Gasteiger partial charge in [0.25, 0.3) is 0 Å². The standard InChI is InChI=1S/C15H24O4/c1-4-6-9(2)15(17)19-14-11-7-5-8-12(16)18-13(14)10(11)3/h9-11,13-14H,4-8H2,1-3H3. The van der Waals surface area contributed by atoms with Gasteiger partial charge in [-0.3, -0.25) is 9.59 Å². The van der Waals surface area contributed by atoms with Gasteiger partial charge in [0, 0.05) is 18.3 Å². The van der Waals surface area contributed by atoms with E-state index in [2.05, 4.69) is 13.8 Å². The molecule has 0 N–H and O–H groups in total.